The second-order valence-corrected chi connectivity index (χ2v) is 48.8. The molecule has 0 aromatic heterocycles. The highest BCUT2D eigenvalue weighted by atomic mass is 28.3. The first-order valence-corrected chi connectivity index (χ1v) is 56.4. The maximum Gasteiger partial charge on any atom is 0.308 e. The van der Waals surface area contributed by atoms with E-state index < -0.39 is 8.07 Å². The van der Waals surface area contributed by atoms with Gasteiger partial charge in [-0.1, -0.05) is 530 Å². The maximum atomic E-state index is 11.7. The molecule has 8 aromatic carbocycles. The van der Waals surface area contributed by atoms with Gasteiger partial charge >= 0.3 is 29.8 Å². The van der Waals surface area contributed by atoms with Gasteiger partial charge in [0.1, 0.15) is 25.6 Å². The van der Waals surface area contributed by atoms with Crippen LogP contribution in [-0.4, -0.2) is 75.2 Å². The number of ether oxygens (including phenoxy) is 5. The van der Waals surface area contributed by atoms with E-state index in [2.05, 4.69) is 330 Å². The van der Waals surface area contributed by atoms with Crippen molar-refractivity contribution in [2.75, 3.05) is 26.4 Å². The summed E-state index contributed by atoms with van der Waals surface area (Å²) >= 11 is 0. The number of esters is 5. The molecule has 800 valence electrons. The van der Waals surface area contributed by atoms with E-state index in [1.807, 2.05) is 169 Å². The molecule has 142 heavy (non-hydrogen) atoms. The van der Waals surface area contributed by atoms with Crippen LogP contribution in [0.4, 0.5) is 0 Å². The van der Waals surface area contributed by atoms with Crippen molar-refractivity contribution in [2.24, 2.45) is 88.8 Å². The van der Waals surface area contributed by atoms with E-state index in [0.717, 1.165) is 77.4 Å². The summed E-state index contributed by atoms with van der Waals surface area (Å²) in [6.45, 7) is 93.3. The summed E-state index contributed by atoms with van der Waals surface area (Å²) < 4.78 is 24.9. The van der Waals surface area contributed by atoms with Crippen LogP contribution in [0.25, 0.3) is 22.3 Å². The number of rotatable bonds is 31. The van der Waals surface area contributed by atoms with Gasteiger partial charge in [0.2, 0.25) is 0 Å². The second kappa shape index (κ2) is 89.1. The Kier molecular flexibility index (Phi) is 89.8. The Labute approximate surface area is 873 Å². The minimum absolute atomic E-state index is 0.00116. The number of carbonyl (C=O) groups is 6. The highest BCUT2D eigenvalue weighted by Crippen LogP contribution is 2.44. The largest absolute Gasteiger partial charge is 0.465 e. The van der Waals surface area contributed by atoms with Crippen LogP contribution in [0.1, 0.15) is 340 Å². The minimum atomic E-state index is -0.844. The van der Waals surface area contributed by atoms with Gasteiger partial charge in [0.05, 0.1) is 57.5 Å². The molecule has 0 unspecified atom stereocenters. The summed E-state index contributed by atoms with van der Waals surface area (Å²) in [7, 11) is -0.844. The summed E-state index contributed by atoms with van der Waals surface area (Å²) in [6, 6.07) is 77.9. The molecule has 0 spiro atoms. The molecule has 0 saturated carbocycles. The van der Waals surface area contributed by atoms with Crippen molar-refractivity contribution in [3.05, 3.63) is 289 Å². The molecule has 8 aromatic rings. The van der Waals surface area contributed by atoms with E-state index in [-0.39, 0.29) is 83.7 Å². The Bertz CT molecular complexity index is 4230. The monoisotopic (exact) mass is 1980 g/mol. The molecule has 1 aliphatic rings. The van der Waals surface area contributed by atoms with E-state index in [4.69, 9.17) is 28.8 Å². The quantitative estimate of drug-likeness (QED) is 0.0189. The normalized spacial score (nSPS) is 10.7. The highest BCUT2D eigenvalue weighted by Gasteiger charge is 2.30. The van der Waals surface area contributed by atoms with Crippen molar-refractivity contribution in [2.45, 2.75) is 351 Å². The highest BCUT2D eigenvalue weighted by molar-refractivity contribution is 6.78. The SMILES string of the molecule is C=CCC(C)C.C=CCOC(=O)C(C)C.CC(=O)C(C)C.CC(C)C.CC(C)C(=O)OCC1c2ccccc2-c2ccccc21.CC(C)C(=O)OCc1ccccc1.CC(C)CC(C)C.CC(C)COC(=O)C(C)C.CC(C)C[Si](C)(C)C(C)C.CC(C)Cc1ccc(CO)cc1.CC(C)Cc1ccccc1.CC(C)c1ccccc1.CCC(C)C.CCCOC(=O)C(C)C.c1ccc(-c2ccccc2)cc1. The van der Waals surface area contributed by atoms with Gasteiger partial charge in [-0.25, -0.2) is 0 Å². The molecule has 0 atom stereocenters. The van der Waals surface area contributed by atoms with Crippen molar-refractivity contribution in [1.29, 1.82) is 0 Å². The number of aliphatic hydroxyl groups excluding tert-OH is 1. The number of aliphatic hydroxyl groups is 1. The molecule has 9 rings (SSSR count). The van der Waals surface area contributed by atoms with Crippen molar-refractivity contribution < 1.29 is 57.6 Å². The zero-order chi connectivity index (χ0) is 110. The van der Waals surface area contributed by atoms with Crippen LogP contribution in [-0.2, 0) is 78.5 Å². The lowest BCUT2D eigenvalue weighted by atomic mass is 9.98. The van der Waals surface area contributed by atoms with Crippen LogP contribution in [0.3, 0.4) is 0 Å². The summed E-state index contributed by atoms with van der Waals surface area (Å²) in [5, 5.41) is 8.81. The first-order chi connectivity index (χ1) is 66.5. The predicted octanol–water partition coefficient (Wildman–Crippen LogP) is 36.2. The molecule has 12 nitrogen and oxygen atoms in total. The molecule has 0 aliphatic heterocycles. The summed E-state index contributed by atoms with van der Waals surface area (Å²) in [6.07, 6.45) is 10.5. The second-order valence-electron chi connectivity index (χ2n) is 43.3. The summed E-state index contributed by atoms with van der Waals surface area (Å²) in [5.74, 6) is 7.51. The summed E-state index contributed by atoms with van der Waals surface area (Å²) in [5.41, 5.74) is 14.7. The zero-order valence-corrected chi connectivity index (χ0v) is 98.5. The Morgan fingerprint density at radius 3 is 0.951 bits per heavy atom. The average Bonchev–Trinajstić information content (AvgIpc) is 1.61. The molecule has 0 fully saturated rings. The fourth-order valence-corrected chi connectivity index (χ4v) is 14.3. The Morgan fingerprint density at radius 1 is 0.352 bits per heavy atom. The number of hydrogen-bond acceptors (Lipinski definition) is 12. The number of ketones is 1. The summed E-state index contributed by atoms with van der Waals surface area (Å²) in [4.78, 5) is 65.1. The average molecular weight is 1980 g/mol. The van der Waals surface area contributed by atoms with Gasteiger partial charge in [-0.05, 0) is 159 Å². The lowest BCUT2D eigenvalue weighted by Crippen LogP contribution is -2.30. The van der Waals surface area contributed by atoms with Crippen molar-refractivity contribution in [3.63, 3.8) is 0 Å². The minimum Gasteiger partial charge on any atom is -0.465 e. The number of benzene rings is 8. The van der Waals surface area contributed by atoms with Gasteiger partial charge in [-0.15, -0.1) is 6.58 Å². The molecule has 0 saturated heterocycles. The molecule has 0 bridgehead atoms. The van der Waals surface area contributed by atoms with Gasteiger partial charge < -0.3 is 28.8 Å². The van der Waals surface area contributed by atoms with E-state index in [9.17, 15) is 28.8 Å². The zero-order valence-electron chi connectivity index (χ0n) is 97.5. The van der Waals surface area contributed by atoms with E-state index in [0.29, 0.717) is 50.8 Å². The molecule has 0 amide bonds. The fraction of sp³-hybridized carbons (Fsp3) is 0.550. The van der Waals surface area contributed by atoms with Gasteiger partial charge in [0.15, 0.2) is 0 Å². The number of hydrogen-bond donors (Lipinski definition) is 1. The fourth-order valence-electron chi connectivity index (χ4n) is 11.8. The van der Waals surface area contributed by atoms with Crippen LogP contribution in [0, 0.1) is 88.8 Å². The van der Waals surface area contributed by atoms with E-state index >= 15 is 0 Å². The predicted molar refractivity (Wildman–Crippen MR) is 619 cm³/mol. The first-order valence-electron chi connectivity index (χ1n) is 53.1. The van der Waals surface area contributed by atoms with Crippen LogP contribution in [0.2, 0.25) is 24.7 Å². The van der Waals surface area contributed by atoms with Gasteiger partial charge in [0.25, 0.3) is 0 Å². The van der Waals surface area contributed by atoms with Gasteiger partial charge in [0, 0.05) is 11.8 Å². The van der Waals surface area contributed by atoms with Crippen LogP contribution >= 0.6 is 0 Å². The third kappa shape index (κ3) is 86.0. The third-order valence-electron chi connectivity index (χ3n) is 20.7. The van der Waals surface area contributed by atoms with E-state index in [1.54, 1.807) is 26.8 Å². The van der Waals surface area contributed by atoms with Gasteiger partial charge in [-0.3, -0.25) is 28.8 Å². The smallest absolute Gasteiger partial charge is 0.308 e. The lowest BCUT2D eigenvalue weighted by molar-refractivity contribution is -0.149. The van der Waals surface area contributed by atoms with Gasteiger partial charge in [-0.2, -0.15) is 0 Å². The Hall–Kier alpha value is -9.56. The maximum absolute atomic E-state index is 11.7. The third-order valence-corrected chi connectivity index (χ3v) is 25.7. The molecular weight excluding hydrogens is 1770 g/mol. The number of carbonyl (C=O) groups excluding carboxylic acids is 6. The molecule has 13 heteroatoms. The van der Waals surface area contributed by atoms with Crippen molar-refractivity contribution in [3.8, 4) is 22.3 Å². The standard InChI is InChI=1S/C18H18O2.C12H10.C11H14O2.C11H16O.C10H14.C9H22Si.C9H12.C8H16O2.C7H14O2.C7H12O2.C7H16.C6H12.C5H10O.C5H12.C4H10/c1-12(2)18(19)20-11-17-15-9-5-3-7-13(15)14-8-4-6-10-16(14)17;1-3-7-11(8-4-1)12-9-5-2-6-10-12;1-9(2)11(12)13-8-10-6-4-3-5-7-10;1-9(2)7-10-3-5-11(8-12)6-4-10;1-9(2)8-10-6-4-3-5-7-10;1-8(2)7-10(5,6)9(3)4;1-8(2)9-6-4-3-5-7-9;1-6(2)5-10-8(9)7(3)4;2*1-4-5-9-7(8)6(2)3;1-6(2)5-7(3)4;1-4-5-6(2)3;1-4(2)5(3)6;1-4-5(2)3;1-4(2)3/h3-10,12,17H,11H2,1-2H3;1-10H;3-7,9H,8H2,1-2H3;3-6,9,12H,7-8H2,1-2H3;3-7,9H,8H2,1-2H3;8-9H,7H2,1-6H3;3-8H,1-2H3;6-7H,5H2,1-4H3;6H,4-5H2,1-3H3;4,6H,1,5H2,2-3H3;6-7H,5H2,1-4H3;4,6H,1,5H2,2-3H3;4H,1-3H3;5H,4H2,1-3H3;4H,1-3H3. The van der Waals surface area contributed by atoms with Crippen LogP contribution in [0.5, 0.6) is 0 Å². The Balaban J connectivity index is -0.000000354. The van der Waals surface area contributed by atoms with Crippen molar-refractivity contribution >= 4 is 43.7 Å². The first kappa shape index (κ1) is 143. The Morgan fingerprint density at radius 2 is 0.676 bits per heavy atom. The molecule has 1 aliphatic carbocycles. The molecule has 1 N–H and O–H groups in total. The van der Waals surface area contributed by atoms with Crippen LogP contribution in [0.15, 0.2) is 250 Å². The van der Waals surface area contributed by atoms with Crippen LogP contribution < -0.4 is 0 Å². The van der Waals surface area contributed by atoms with E-state index in [1.165, 1.54) is 75.4 Å². The number of allylic oxidation sites excluding steroid dienone is 1. The lowest BCUT2D eigenvalue weighted by Gasteiger charge is -2.28. The molecule has 0 radical (unpaired) electrons. The number of fused-ring (bicyclic) bond motifs is 3. The van der Waals surface area contributed by atoms with Crippen molar-refractivity contribution in [1.82, 2.24) is 0 Å². The topological polar surface area (TPSA) is 169 Å². The molecular formula is C129H208O12Si. The number of Topliss-reactive ketones (excluding diaryl/α,β-unsaturated/α-hetero) is 1. The molecule has 0 heterocycles.